The van der Waals surface area contributed by atoms with Crippen LogP contribution in [0.25, 0.3) is 0 Å². The molecule has 102 valence electrons. The van der Waals surface area contributed by atoms with Gasteiger partial charge in [0.15, 0.2) is 8.32 Å². The van der Waals surface area contributed by atoms with Crippen LogP contribution in [-0.4, -0.2) is 20.7 Å². The standard InChI is InChI=1S/C14H30O2Si/c1-12(8-9-13(2)15)10-11-16-17(6,7)14(3,4)5/h12H,8-11H2,1-7H3/t12-/m0/s1. The molecule has 0 saturated carbocycles. The van der Waals surface area contributed by atoms with E-state index in [1.165, 1.54) is 0 Å². The maximum Gasteiger partial charge on any atom is 0.191 e. The maximum absolute atomic E-state index is 10.9. The Morgan fingerprint density at radius 3 is 2.18 bits per heavy atom. The Balaban J connectivity index is 3.87. The van der Waals surface area contributed by atoms with E-state index in [1.54, 1.807) is 6.92 Å². The molecule has 0 bridgehead atoms. The third kappa shape index (κ3) is 6.99. The lowest BCUT2D eigenvalue weighted by molar-refractivity contribution is -0.117. The summed E-state index contributed by atoms with van der Waals surface area (Å²) in [4.78, 5) is 10.9. The van der Waals surface area contributed by atoms with E-state index in [0.29, 0.717) is 18.1 Å². The van der Waals surface area contributed by atoms with E-state index in [4.69, 9.17) is 4.43 Å². The average molecular weight is 258 g/mol. The third-order valence-corrected chi connectivity index (χ3v) is 8.41. The molecule has 0 saturated heterocycles. The highest BCUT2D eigenvalue weighted by Gasteiger charge is 2.36. The third-order valence-electron chi connectivity index (χ3n) is 3.87. The summed E-state index contributed by atoms with van der Waals surface area (Å²) in [5.41, 5.74) is 0. The Labute approximate surface area is 108 Å². The fourth-order valence-electron chi connectivity index (χ4n) is 1.33. The monoisotopic (exact) mass is 258 g/mol. The normalized spacial score (nSPS) is 14.8. The van der Waals surface area contributed by atoms with Gasteiger partial charge in [-0.2, -0.15) is 0 Å². The lowest BCUT2D eigenvalue weighted by Gasteiger charge is -2.36. The molecule has 0 radical (unpaired) electrons. The molecule has 0 rings (SSSR count). The van der Waals surface area contributed by atoms with E-state index in [2.05, 4.69) is 40.8 Å². The highest BCUT2D eigenvalue weighted by Crippen LogP contribution is 2.36. The summed E-state index contributed by atoms with van der Waals surface area (Å²) < 4.78 is 6.13. The molecule has 3 heteroatoms. The molecular weight excluding hydrogens is 228 g/mol. The molecule has 17 heavy (non-hydrogen) atoms. The minimum atomic E-state index is -1.58. The van der Waals surface area contributed by atoms with Crippen molar-refractivity contribution in [3.8, 4) is 0 Å². The van der Waals surface area contributed by atoms with Crippen LogP contribution in [-0.2, 0) is 9.22 Å². The molecule has 0 aromatic rings. The molecule has 0 aliphatic carbocycles. The van der Waals surface area contributed by atoms with Gasteiger partial charge in [-0.25, -0.2) is 0 Å². The predicted octanol–water partition coefficient (Wildman–Crippen LogP) is 4.40. The molecule has 0 amide bonds. The zero-order chi connectivity index (χ0) is 13.7. The SMILES string of the molecule is CC(=O)CC[C@H](C)CCO[Si](C)(C)C(C)(C)C. The van der Waals surface area contributed by atoms with Gasteiger partial charge >= 0.3 is 0 Å². The molecular formula is C14H30O2Si. The number of rotatable bonds is 7. The zero-order valence-electron chi connectivity index (χ0n) is 12.7. The molecule has 0 spiro atoms. The second kappa shape index (κ2) is 6.69. The van der Waals surface area contributed by atoms with Crippen molar-refractivity contribution in [1.29, 1.82) is 0 Å². The van der Waals surface area contributed by atoms with Crippen molar-refractivity contribution < 1.29 is 9.22 Å². The van der Waals surface area contributed by atoms with Crippen molar-refractivity contribution in [2.75, 3.05) is 6.61 Å². The number of carbonyl (C=O) groups is 1. The van der Waals surface area contributed by atoms with E-state index in [-0.39, 0.29) is 5.04 Å². The van der Waals surface area contributed by atoms with Crippen molar-refractivity contribution in [2.24, 2.45) is 5.92 Å². The molecule has 0 heterocycles. The summed E-state index contributed by atoms with van der Waals surface area (Å²) in [5.74, 6) is 0.880. The van der Waals surface area contributed by atoms with E-state index in [0.717, 1.165) is 19.4 Å². The summed E-state index contributed by atoms with van der Waals surface area (Å²) in [7, 11) is -1.58. The van der Waals surface area contributed by atoms with Gasteiger partial charge in [0.05, 0.1) is 0 Å². The van der Waals surface area contributed by atoms with Gasteiger partial charge in [0.2, 0.25) is 0 Å². The first-order valence-electron chi connectivity index (χ1n) is 6.69. The lowest BCUT2D eigenvalue weighted by Crippen LogP contribution is -2.41. The van der Waals surface area contributed by atoms with Crippen molar-refractivity contribution >= 4 is 14.1 Å². The van der Waals surface area contributed by atoms with Crippen LogP contribution < -0.4 is 0 Å². The average Bonchev–Trinajstić information content (AvgIpc) is 2.12. The van der Waals surface area contributed by atoms with Crippen LogP contribution in [0.3, 0.4) is 0 Å². The predicted molar refractivity (Wildman–Crippen MR) is 76.8 cm³/mol. The molecule has 0 aromatic carbocycles. The quantitative estimate of drug-likeness (QED) is 0.633. The highest BCUT2D eigenvalue weighted by atomic mass is 28.4. The summed E-state index contributed by atoms with van der Waals surface area (Å²) in [5, 5.41) is 0.287. The van der Waals surface area contributed by atoms with Crippen molar-refractivity contribution in [2.45, 2.75) is 72.0 Å². The number of carbonyl (C=O) groups excluding carboxylic acids is 1. The Morgan fingerprint density at radius 2 is 1.76 bits per heavy atom. The fraction of sp³-hybridized carbons (Fsp3) is 0.929. The van der Waals surface area contributed by atoms with Crippen LogP contribution in [0, 0.1) is 5.92 Å². The Bertz CT molecular complexity index is 241. The molecule has 0 N–H and O–H groups in total. The van der Waals surface area contributed by atoms with Crippen LogP contribution in [0.5, 0.6) is 0 Å². The topological polar surface area (TPSA) is 26.3 Å². The second-order valence-electron chi connectivity index (χ2n) is 6.74. The summed E-state index contributed by atoms with van der Waals surface area (Å²) >= 11 is 0. The van der Waals surface area contributed by atoms with Gasteiger partial charge in [0.1, 0.15) is 5.78 Å². The van der Waals surface area contributed by atoms with E-state index in [1.807, 2.05) is 0 Å². The molecule has 0 aliphatic heterocycles. The molecule has 0 unspecified atom stereocenters. The van der Waals surface area contributed by atoms with Gasteiger partial charge < -0.3 is 9.22 Å². The minimum Gasteiger partial charge on any atom is -0.417 e. The summed E-state index contributed by atoms with van der Waals surface area (Å²) in [6.07, 6.45) is 2.78. The van der Waals surface area contributed by atoms with Crippen LogP contribution in [0.1, 0.15) is 53.9 Å². The van der Waals surface area contributed by atoms with Crippen LogP contribution in [0.15, 0.2) is 0 Å². The van der Waals surface area contributed by atoms with Crippen molar-refractivity contribution in [1.82, 2.24) is 0 Å². The van der Waals surface area contributed by atoms with Crippen LogP contribution in [0.2, 0.25) is 18.1 Å². The molecule has 1 atom stereocenters. The van der Waals surface area contributed by atoms with E-state index < -0.39 is 8.32 Å². The van der Waals surface area contributed by atoms with Gasteiger partial charge in [-0.15, -0.1) is 0 Å². The first-order valence-corrected chi connectivity index (χ1v) is 9.60. The highest BCUT2D eigenvalue weighted by molar-refractivity contribution is 6.74. The van der Waals surface area contributed by atoms with Gasteiger partial charge in [-0.1, -0.05) is 27.7 Å². The van der Waals surface area contributed by atoms with Gasteiger partial charge in [-0.05, 0) is 43.8 Å². The summed E-state index contributed by atoms with van der Waals surface area (Å²) in [6.45, 7) is 16.1. The van der Waals surface area contributed by atoms with Gasteiger partial charge in [0.25, 0.3) is 0 Å². The Kier molecular flexibility index (Phi) is 6.63. The summed E-state index contributed by atoms with van der Waals surface area (Å²) in [6, 6.07) is 0. The van der Waals surface area contributed by atoms with E-state index in [9.17, 15) is 4.79 Å². The molecule has 0 aromatic heterocycles. The van der Waals surface area contributed by atoms with Crippen molar-refractivity contribution in [3.63, 3.8) is 0 Å². The van der Waals surface area contributed by atoms with E-state index >= 15 is 0 Å². The van der Waals surface area contributed by atoms with Crippen LogP contribution >= 0.6 is 0 Å². The van der Waals surface area contributed by atoms with Gasteiger partial charge in [-0.3, -0.25) is 0 Å². The first-order chi connectivity index (χ1) is 7.56. The van der Waals surface area contributed by atoms with Crippen molar-refractivity contribution in [3.05, 3.63) is 0 Å². The number of hydrogen-bond acceptors (Lipinski definition) is 2. The lowest BCUT2D eigenvalue weighted by atomic mass is 10.0. The molecule has 0 aliphatic rings. The van der Waals surface area contributed by atoms with Gasteiger partial charge in [0, 0.05) is 13.0 Å². The zero-order valence-corrected chi connectivity index (χ0v) is 13.7. The Hall–Kier alpha value is -0.153. The number of Topliss-reactive ketones (excluding diaryl/α,β-unsaturated/α-hetero) is 1. The molecule has 0 fully saturated rings. The number of hydrogen-bond donors (Lipinski definition) is 0. The maximum atomic E-state index is 10.9. The smallest absolute Gasteiger partial charge is 0.191 e. The van der Waals surface area contributed by atoms with Crippen LogP contribution in [0.4, 0.5) is 0 Å². The fourth-order valence-corrected chi connectivity index (χ4v) is 2.39. The minimum absolute atomic E-state index is 0.287. The second-order valence-corrected chi connectivity index (χ2v) is 11.6. The Morgan fingerprint density at radius 1 is 1.24 bits per heavy atom. The number of ketones is 1. The molecule has 2 nitrogen and oxygen atoms in total. The largest absolute Gasteiger partial charge is 0.417 e. The first kappa shape index (κ1) is 16.8.